The molecule has 1 aliphatic carbocycles. The van der Waals surface area contributed by atoms with E-state index in [2.05, 4.69) is 10.2 Å². The van der Waals surface area contributed by atoms with E-state index in [9.17, 15) is 4.79 Å². The summed E-state index contributed by atoms with van der Waals surface area (Å²) in [5.41, 5.74) is 0. The van der Waals surface area contributed by atoms with Crippen LogP contribution in [0.25, 0.3) is 0 Å². The van der Waals surface area contributed by atoms with Crippen LogP contribution in [0, 0.1) is 5.92 Å². The molecule has 0 spiro atoms. The van der Waals surface area contributed by atoms with Crippen LogP contribution in [0.15, 0.2) is 0 Å². The Morgan fingerprint density at radius 3 is 2.94 bits per heavy atom. The number of hydrogen-bond donors (Lipinski definition) is 1. The van der Waals surface area contributed by atoms with E-state index in [1.807, 2.05) is 6.92 Å². The Kier molecular flexibility index (Phi) is 4.80. The zero-order chi connectivity index (χ0) is 12.1. The maximum atomic E-state index is 11.7. The van der Waals surface area contributed by atoms with Crippen molar-refractivity contribution in [3.8, 4) is 0 Å². The fraction of sp³-hybridized carbons (Fsp3) is 0.923. The van der Waals surface area contributed by atoms with E-state index >= 15 is 0 Å². The summed E-state index contributed by atoms with van der Waals surface area (Å²) in [6.07, 6.45) is 4.79. The first kappa shape index (κ1) is 12.8. The number of rotatable bonds is 6. The average molecular weight is 240 g/mol. The molecule has 0 aromatic rings. The van der Waals surface area contributed by atoms with Crippen molar-refractivity contribution in [2.45, 2.75) is 38.6 Å². The van der Waals surface area contributed by atoms with Gasteiger partial charge in [0.2, 0.25) is 0 Å². The van der Waals surface area contributed by atoms with Crippen LogP contribution in [0.4, 0.5) is 0 Å². The standard InChI is InChI=1S/C13H24N2O2/c1-2-17-13(16)11-4-3-8-15(10-11)9-7-14-12-5-6-12/h11-12,14H,2-10H2,1H3. The van der Waals surface area contributed by atoms with Crippen molar-refractivity contribution < 1.29 is 9.53 Å². The summed E-state index contributed by atoms with van der Waals surface area (Å²) in [6.45, 7) is 6.50. The van der Waals surface area contributed by atoms with E-state index in [1.54, 1.807) is 0 Å². The van der Waals surface area contributed by atoms with E-state index in [4.69, 9.17) is 4.74 Å². The average Bonchev–Trinajstić information content (AvgIpc) is 3.14. The maximum Gasteiger partial charge on any atom is 0.310 e. The van der Waals surface area contributed by atoms with Gasteiger partial charge in [0.1, 0.15) is 0 Å². The summed E-state index contributed by atoms with van der Waals surface area (Å²) in [6, 6.07) is 0.778. The lowest BCUT2D eigenvalue weighted by molar-refractivity contribution is -0.149. The van der Waals surface area contributed by atoms with Crippen LogP contribution < -0.4 is 5.32 Å². The van der Waals surface area contributed by atoms with E-state index in [1.165, 1.54) is 12.8 Å². The first-order valence-electron chi connectivity index (χ1n) is 6.92. The Balaban J connectivity index is 1.66. The molecule has 0 radical (unpaired) electrons. The fourth-order valence-corrected chi connectivity index (χ4v) is 2.43. The molecule has 4 heteroatoms. The van der Waals surface area contributed by atoms with Crippen molar-refractivity contribution in [1.82, 2.24) is 10.2 Å². The molecular formula is C13H24N2O2. The van der Waals surface area contributed by atoms with E-state index in [-0.39, 0.29) is 11.9 Å². The first-order valence-corrected chi connectivity index (χ1v) is 6.92. The van der Waals surface area contributed by atoms with Crippen molar-refractivity contribution in [2.75, 3.05) is 32.8 Å². The molecule has 1 aliphatic heterocycles. The molecule has 17 heavy (non-hydrogen) atoms. The Morgan fingerprint density at radius 2 is 2.24 bits per heavy atom. The van der Waals surface area contributed by atoms with Gasteiger partial charge >= 0.3 is 5.97 Å². The zero-order valence-electron chi connectivity index (χ0n) is 10.8. The number of nitrogens with zero attached hydrogens (tertiary/aromatic N) is 1. The van der Waals surface area contributed by atoms with Gasteiger partial charge in [-0.1, -0.05) is 0 Å². The highest BCUT2D eigenvalue weighted by atomic mass is 16.5. The number of esters is 1. The molecule has 2 fully saturated rings. The lowest BCUT2D eigenvalue weighted by Gasteiger charge is -2.31. The molecule has 1 unspecified atom stereocenters. The molecule has 0 bridgehead atoms. The second-order valence-electron chi connectivity index (χ2n) is 5.12. The van der Waals surface area contributed by atoms with Crippen molar-refractivity contribution in [3.63, 3.8) is 0 Å². The van der Waals surface area contributed by atoms with Crippen LogP contribution in [0.1, 0.15) is 32.6 Å². The van der Waals surface area contributed by atoms with Crippen LogP contribution in [0.2, 0.25) is 0 Å². The number of likely N-dealkylation sites (tertiary alicyclic amines) is 1. The van der Waals surface area contributed by atoms with Crippen molar-refractivity contribution >= 4 is 5.97 Å². The van der Waals surface area contributed by atoms with Gasteiger partial charge in [-0.25, -0.2) is 0 Å². The summed E-state index contributed by atoms with van der Waals surface area (Å²) >= 11 is 0. The molecule has 0 amide bonds. The van der Waals surface area contributed by atoms with Crippen LogP contribution in [0.5, 0.6) is 0 Å². The van der Waals surface area contributed by atoms with Gasteiger partial charge in [0, 0.05) is 25.7 Å². The smallest absolute Gasteiger partial charge is 0.310 e. The number of carbonyl (C=O) groups excluding carboxylic acids is 1. The fourth-order valence-electron chi connectivity index (χ4n) is 2.43. The van der Waals surface area contributed by atoms with Gasteiger partial charge in [0.15, 0.2) is 0 Å². The van der Waals surface area contributed by atoms with Crippen molar-refractivity contribution in [3.05, 3.63) is 0 Å². The second kappa shape index (κ2) is 6.36. The Labute approximate surface area is 104 Å². The minimum absolute atomic E-state index is 0.00708. The molecule has 98 valence electrons. The first-order chi connectivity index (χ1) is 8.29. The SMILES string of the molecule is CCOC(=O)C1CCCN(CCNC2CC2)C1. The number of ether oxygens (including phenoxy) is 1. The van der Waals surface area contributed by atoms with Gasteiger partial charge in [-0.15, -0.1) is 0 Å². The molecule has 2 rings (SSSR count). The van der Waals surface area contributed by atoms with Crippen molar-refractivity contribution in [1.29, 1.82) is 0 Å². The number of nitrogens with one attached hydrogen (secondary N) is 1. The quantitative estimate of drug-likeness (QED) is 0.704. The van der Waals surface area contributed by atoms with Gasteiger partial charge in [0.25, 0.3) is 0 Å². The largest absolute Gasteiger partial charge is 0.466 e. The zero-order valence-corrected chi connectivity index (χ0v) is 10.8. The highest BCUT2D eigenvalue weighted by molar-refractivity contribution is 5.72. The minimum Gasteiger partial charge on any atom is -0.466 e. The van der Waals surface area contributed by atoms with Gasteiger partial charge in [-0.2, -0.15) is 0 Å². The molecule has 4 nitrogen and oxygen atoms in total. The van der Waals surface area contributed by atoms with E-state index in [0.717, 1.165) is 45.1 Å². The van der Waals surface area contributed by atoms with E-state index < -0.39 is 0 Å². The van der Waals surface area contributed by atoms with Crippen LogP contribution >= 0.6 is 0 Å². The molecule has 0 aromatic carbocycles. The van der Waals surface area contributed by atoms with E-state index in [0.29, 0.717) is 6.61 Å². The van der Waals surface area contributed by atoms with Gasteiger partial charge in [-0.3, -0.25) is 4.79 Å². The Morgan fingerprint density at radius 1 is 1.41 bits per heavy atom. The number of piperidine rings is 1. The predicted octanol–water partition coefficient (Wildman–Crippen LogP) is 1.01. The van der Waals surface area contributed by atoms with Crippen LogP contribution in [-0.4, -0.2) is 49.7 Å². The van der Waals surface area contributed by atoms with Crippen LogP contribution in [0.3, 0.4) is 0 Å². The van der Waals surface area contributed by atoms with Gasteiger partial charge in [-0.05, 0) is 39.2 Å². The topological polar surface area (TPSA) is 41.6 Å². The Bertz CT molecular complexity index is 254. The molecule has 1 N–H and O–H groups in total. The molecule has 2 aliphatic rings. The summed E-state index contributed by atoms with van der Waals surface area (Å²) in [7, 11) is 0. The molecule has 0 aromatic heterocycles. The molecular weight excluding hydrogens is 216 g/mol. The summed E-state index contributed by atoms with van der Waals surface area (Å²) in [5.74, 6) is 0.0944. The number of hydrogen-bond acceptors (Lipinski definition) is 4. The minimum atomic E-state index is -0.00708. The summed E-state index contributed by atoms with van der Waals surface area (Å²) < 4.78 is 5.10. The lowest BCUT2D eigenvalue weighted by atomic mass is 9.98. The molecule has 1 saturated carbocycles. The molecule has 1 saturated heterocycles. The van der Waals surface area contributed by atoms with Crippen molar-refractivity contribution in [2.24, 2.45) is 5.92 Å². The monoisotopic (exact) mass is 240 g/mol. The summed E-state index contributed by atoms with van der Waals surface area (Å²) in [5, 5.41) is 3.52. The summed E-state index contributed by atoms with van der Waals surface area (Å²) in [4.78, 5) is 14.1. The number of carbonyl (C=O) groups is 1. The maximum absolute atomic E-state index is 11.7. The van der Waals surface area contributed by atoms with Gasteiger partial charge in [0.05, 0.1) is 12.5 Å². The third kappa shape index (κ3) is 4.28. The second-order valence-corrected chi connectivity index (χ2v) is 5.12. The third-order valence-electron chi connectivity index (χ3n) is 3.56. The molecule has 1 heterocycles. The highest BCUT2D eigenvalue weighted by Gasteiger charge is 2.27. The van der Waals surface area contributed by atoms with Gasteiger partial charge < -0.3 is 15.0 Å². The predicted molar refractivity (Wildman–Crippen MR) is 66.8 cm³/mol. The third-order valence-corrected chi connectivity index (χ3v) is 3.56. The van der Waals surface area contributed by atoms with Crippen LogP contribution in [-0.2, 0) is 9.53 Å². The Hall–Kier alpha value is -0.610. The molecule has 1 atom stereocenters. The normalized spacial score (nSPS) is 25.8. The lowest BCUT2D eigenvalue weighted by Crippen LogP contribution is -2.42. The highest BCUT2D eigenvalue weighted by Crippen LogP contribution is 2.19.